The quantitative estimate of drug-likeness (QED) is 0.733. The molecule has 5 nitrogen and oxygen atoms in total. The van der Waals surface area contributed by atoms with Crippen molar-refractivity contribution in [3.05, 3.63) is 64.9 Å². The second kappa shape index (κ2) is 6.01. The Morgan fingerprint density at radius 3 is 2.42 bits per heavy atom. The molecule has 0 aliphatic heterocycles. The lowest BCUT2D eigenvalue weighted by Crippen LogP contribution is -2.52. The van der Waals surface area contributed by atoms with Crippen LogP contribution in [0, 0.1) is 0 Å². The van der Waals surface area contributed by atoms with Gasteiger partial charge in [0.25, 0.3) is 0 Å². The Hall–Kier alpha value is -2.22. The number of primary amides is 1. The van der Waals surface area contributed by atoms with Gasteiger partial charge >= 0.3 is 0 Å². The number of sulfonamides is 1. The van der Waals surface area contributed by atoms with Gasteiger partial charge in [0.1, 0.15) is 5.54 Å². The molecular weight excluding hydrogens is 344 g/mol. The van der Waals surface area contributed by atoms with Crippen molar-refractivity contribution in [2.75, 3.05) is 0 Å². The van der Waals surface area contributed by atoms with Crippen molar-refractivity contribution in [3.8, 4) is 0 Å². The molecule has 0 radical (unpaired) electrons. The second-order valence-electron chi connectivity index (χ2n) is 5.58. The van der Waals surface area contributed by atoms with Crippen LogP contribution >= 0.6 is 11.3 Å². The summed E-state index contributed by atoms with van der Waals surface area (Å²) in [6.07, 6.45) is 0. The molecule has 0 aliphatic carbocycles. The zero-order valence-electron chi connectivity index (χ0n) is 12.9. The summed E-state index contributed by atoms with van der Waals surface area (Å²) in [5.41, 5.74) is 3.98. The Balaban J connectivity index is 2.04. The number of carbonyl (C=O) groups is 1. The highest BCUT2D eigenvalue weighted by Gasteiger charge is 2.39. The molecule has 1 amide bonds. The summed E-state index contributed by atoms with van der Waals surface area (Å²) in [4.78, 5) is 12.6. The van der Waals surface area contributed by atoms with E-state index in [4.69, 9.17) is 5.73 Å². The highest BCUT2D eigenvalue weighted by atomic mass is 32.2. The Bertz CT molecular complexity index is 998. The Labute approximate surface area is 144 Å². The number of benzene rings is 2. The van der Waals surface area contributed by atoms with Crippen LogP contribution in [0.25, 0.3) is 10.8 Å². The van der Waals surface area contributed by atoms with Gasteiger partial charge < -0.3 is 5.73 Å². The normalized spacial score (nSPS) is 14.4. The van der Waals surface area contributed by atoms with Crippen molar-refractivity contribution in [2.24, 2.45) is 5.73 Å². The maximum absolute atomic E-state index is 12.8. The fraction of sp³-hybridized carbons (Fsp3) is 0.118. The van der Waals surface area contributed by atoms with Crippen LogP contribution < -0.4 is 10.5 Å². The van der Waals surface area contributed by atoms with Crippen LogP contribution in [-0.4, -0.2) is 14.3 Å². The van der Waals surface area contributed by atoms with Crippen molar-refractivity contribution >= 4 is 38.0 Å². The summed E-state index contributed by atoms with van der Waals surface area (Å²) in [5.74, 6) is -0.755. The van der Waals surface area contributed by atoms with Crippen molar-refractivity contribution in [1.29, 1.82) is 0 Å². The molecule has 0 bridgehead atoms. The Kier molecular flexibility index (Phi) is 4.16. The lowest BCUT2D eigenvalue weighted by Gasteiger charge is -2.26. The van der Waals surface area contributed by atoms with Gasteiger partial charge in [-0.3, -0.25) is 4.79 Å². The highest BCUT2D eigenvalue weighted by Crippen LogP contribution is 2.28. The van der Waals surface area contributed by atoms with Crippen LogP contribution in [0.1, 0.15) is 11.8 Å². The molecule has 1 unspecified atom stereocenters. The van der Waals surface area contributed by atoms with Gasteiger partial charge in [0, 0.05) is 4.88 Å². The molecule has 124 valence electrons. The SMILES string of the molecule is CC(NS(=O)(=O)c1ccc2ccccc2c1)(C(N)=O)c1cccs1. The van der Waals surface area contributed by atoms with Gasteiger partial charge in [0.2, 0.25) is 15.9 Å². The minimum Gasteiger partial charge on any atom is -0.368 e. The van der Waals surface area contributed by atoms with Gasteiger partial charge in [-0.25, -0.2) is 8.42 Å². The number of nitrogens with one attached hydrogen (secondary N) is 1. The van der Waals surface area contributed by atoms with E-state index in [-0.39, 0.29) is 4.90 Å². The first kappa shape index (κ1) is 16.6. The van der Waals surface area contributed by atoms with Gasteiger partial charge in [0.15, 0.2) is 0 Å². The zero-order valence-corrected chi connectivity index (χ0v) is 14.5. The number of amides is 1. The van der Waals surface area contributed by atoms with Crippen LogP contribution in [-0.2, 0) is 20.4 Å². The van der Waals surface area contributed by atoms with Crippen LogP contribution in [0.3, 0.4) is 0 Å². The van der Waals surface area contributed by atoms with E-state index in [1.807, 2.05) is 24.3 Å². The Morgan fingerprint density at radius 1 is 1.08 bits per heavy atom. The molecule has 1 atom stereocenters. The molecule has 24 heavy (non-hydrogen) atoms. The van der Waals surface area contributed by atoms with Crippen LogP contribution in [0.4, 0.5) is 0 Å². The number of hydrogen-bond donors (Lipinski definition) is 2. The van der Waals surface area contributed by atoms with Gasteiger partial charge in [-0.2, -0.15) is 4.72 Å². The minimum absolute atomic E-state index is 0.0882. The maximum Gasteiger partial charge on any atom is 0.243 e. The van der Waals surface area contributed by atoms with Crippen molar-refractivity contribution in [2.45, 2.75) is 17.4 Å². The molecular formula is C17H16N2O3S2. The number of rotatable bonds is 5. The topological polar surface area (TPSA) is 89.3 Å². The van der Waals surface area contributed by atoms with Gasteiger partial charge in [0.05, 0.1) is 4.90 Å². The van der Waals surface area contributed by atoms with Crippen LogP contribution in [0.5, 0.6) is 0 Å². The average Bonchev–Trinajstić information content (AvgIpc) is 3.09. The number of carbonyl (C=O) groups excluding carboxylic acids is 1. The van der Waals surface area contributed by atoms with Gasteiger partial charge in [-0.15, -0.1) is 11.3 Å². The second-order valence-corrected chi connectivity index (χ2v) is 8.21. The van der Waals surface area contributed by atoms with E-state index < -0.39 is 21.5 Å². The zero-order chi connectivity index (χ0) is 17.4. The van der Waals surface area contributed by atoms with E-state index in [0.29, 0.717) is 4.88 Å². The van der Waals surface area contributed by atoms with E-state index >= 15 is 0 Å². The largest absolute Gasteiger partial charge is 0.368 e. The number of hydrogen-bond acceptors (Lipinski definition) is 4. The summed E-state index contributed by atoms with van der Waals surface area (Å²) < 4.78 is 28.0. The standard InChI is InChI=1S/C17H16N2O3S2/c1-17(16(18)20,15-7-4-10-23-15)19-24(21,22)14-9-8-12-5-2-3-6-13(12)11-14/h2-11,19H,1H3,(H2,18,20). The van der Waals surface area contributed by atoms with Crippen molar-refractivity contribution < 1.29 is 13.2 Å². The van der Waals surface area contributed by atoms with Crippen LogP contribution in [0.15, 0.2) is 64.9 Å². The molecule has 1 heterocycles. The molecule has 3 aromatic rings. The third-order valence-corrected chi connectivity index (χ3v) is 6.52. The molecule has 0 aliphatic rings. The minimum atomic E-state index is -3.92. The first-order chi connectivity index (χ1) is 11.3. The summed E-state index contributed by atoms with van der Waals surface area (Å²) >= 11 is 1.27. The third-order valence-electron chi connectivity index (χ3n) is 3.88. The molecule has 0 saturated carbocycles. The highest BCUT2D eigenvalue weighted by molar-refractivity contribution is 7.89. The summed E-state index contributed by atoms with van der Waals surface area (Å²) in [5, 5.41) is 3.51. The Morgan fingerprint density at radius 2 is 1.79 bits per heavy atom. The maximum atomic E-state index is 12.8. The van der Waals surface area contributed by atoms with Crippen LogP contribution in [0.2, 0.25) is 0 Å². The van der Waals surface area contributed by atoms with E-state index in [1.165, 1.54) is 24.3 Å². The first-order valence-electron chi connectivity index (χ1n) is 7.19. The fourth-order valence-corrected chi connectivity index (χ4v) is 4.76. The molecule has 0 saturated heterocycles. The van der Waals surface area contributed by atoms with Gasteiger partial charge in [-0.1, -0.05) is 36.4 Å². The number of nitrogens with two attached hydrogens (primary N) is 1. The van der Waals surface area contributed by atoms with Crippen molar-refractivity contribution in [3.63, 3.8) is 0 Å². The lowest BCUT2D eigenvalue weighted by molar-refractivity contribution is -0.123. The average molecular weight is 360 g/mol. The molecule has 2 aromatic carbocycles. The summed E-state index contributed by atoms with van der Waals surface area (Å²) in [6.45, 7) is 1.47. The lowest BCUT2D eigenvalue weighted by atomic mass is 10.0. The first-order valence-corrected chi connectivity index (χ1v) is 9.56. The molecule has 0 spiro atoms. The monoisotopic (exact) mass is 360 g/mol. The molecule has 7 heteroatoms. The molecule has 0 fully saturated rings. The van der Waals surface area contributed by atoms with E-state index in [0.717, 1.165) is 10.8 Å². The molecule has 3 N–H and O–H groups in total. The molecule has 3 rings (SSSR count). The number of thiophene rings is 1. The fourth-order valence-electron chi connectivity index (χ4n) is 2.45. The van der Waals surface area contributed by atoms with Crippen molar-refractivity contribution in [1.82, 2.24) is 4.72 Å². The summed E-state index contributed by atoms with van der Waals surface area (Å²) in [6, 6.07) is 15.7. The smallest absolute Gasteiger partial charge is 0.243 e. The molecule has 1 aromatic heterocycles. The predicted octanol–water partition coefficient (Wildman–Crippen LogP) is 2.58. The summed E-state index contributed by atoms with van der Waals surface area (Å²) in [7, 11) is -3.92. The van der Waals surface area contributed by atoms with E-state index in [9.17, 15) is 13.2 Å². The van der Waals surface area contributed by atoms with E-state index in [1.54, 1.807) is 29.6 Å². The van der Waals surface area contributed by atoms with E-state index in [2.05, 4.69) is 4.72 Å². The number of fused-ring (bicyclic) bond motifs is 1. The predicted molar refractivity (Wildman–Crippen MR) is 95.1 cm³/mol. The third kappa shape index (κ3) is 2.93. The van der Waals surface area contributed by atoms with Gasteiger partial charge in [-0.05, 0) is 41.3 Å².